The molecule has 0 unspecified atom stereocenters. The Labute approximate surface area is 111 Å². The average molecular weight is 265 g/mol. The van der Waals surface area contributed by atoms with Gasteiger partial charge in [0.1, 0.15) is 0 Å². The molecule has 1 heterocycles. The van der Waals surface area contributed by atoms with Gasteiger partial charge in [-0.25, -0.2) is 4.79 Å². The van der Waals surface area contributed by atoms with E-state index in [1.54, 1.807) is 13.0 Å². The monoisotopic (exact) mass is 265 g/mol. The van der Waals surface area contributed by atoms with Gasteiger partial charge in [0.15, 0.2) is 0 Å². The fourth-order valence-corrected chi connectivity index (χ4v) is 3.62. The number of aryl methyl sites for hydroxylation is 1. The minimum Gasteiger partial charge on any atom is -0.396 e. The average Bonchev–Trinajstić information content (AvgIpc) is 3.05. The molecular formula is C13H19N3O3. The van der Waals surface area contributed by atoms with E-state index in [1.165, 1.54) is 6.42 Å². The molecular weight excluding hydrogens is 246 g/mol. The molecule has 1 aromatic heterocycles. The molecule has 2 fully saturated rings. The minimum absolute atomic E-state index is 0.0766. The van der Waals surface area contributed by atoms with E-state index in [-0.39, 0.29) is 24.6 Å². The standard InChI is InChI=1S/C13H19N3O3/c1-7-4-11(19-16-7)14-13(18)15-12-9-3-2-8(5-9)10(12)6-17/h4,8-10,12,17H,2-3,5-6H2,1H3,(H2,14,15,18)/t8-,9-,10-,12-/m0/s1. The summed E-state index contributed by atoms with van der Waals surface area (Å²) >= 11 is 0. The largest absolute Gasteiger partial charge is 0.396 e. The van der Waals surface area contributed by atoms with Crippen LogP contribution in [-0.2, 0) is 0 Å². The van der Waals surface area contributed by atoms with Gasteiger partial charge in [-0.3, -0.25) is 5.32 Å². The van der Waals surface area contributed by atoms with Crippen LogP contribution in [-0.4, -0.2) is 28.9 Å². The fourth-order valence-electron chi connectivity index (χ4n) is 3.62. The molecule has 0 saturated heterocycles. The van der Waals surface area contributed by atoms with E-state index in [4.69, 9.17) is 4.52 Å². The number of hydrogen-bond donors (Lipinski definition) is 3. The van der Waals surface area contributed by atoms with Crippen molar-refractivity contribution in [3.8, 4) is 0 Å². The number of aliphatic hydroxyl groups excluding tert-OH is 1. The normalized spacial score (nSPS) is 32.5. The number of carbonyl (C=O) groups is 1. The maximum absolute atomic E-state index is 11.9. The Morgan fingerprint density at radius 2 is 2.32 bits per heavy atom. The van der Waals surface area contributed by atoms with Crippen molar-refractivity contribution in [1.29, 1.82) is 0 Å². The summed E-state index contributed by atoms with van der Waals surface area (Å²) in [5.74, 6) is 1.61. The van der Waals surface area contributed by atoms with Gasteiger partial charge in [0.2, 0.25) is 5.88 Å². The molecule has 0 aromatic carbocycles. The summed E-state index contributed by atoms with van der Waals surface area (Å²) in [6.07, 6.45) is 3.45. The van der Waals surface area contributed by atoms with Crippen LogP contribution in [0.25, 0.3) is 0 Å². The third kappa shape index (κ3) is 2.32. The van der Waals surface area contributed by atoms with Crippen LogP contribution in [0.4, 0.5) is 10.7 Å². The van der Waals surface area contributed by atoms with Crippen molar-refractivity contribution in [3.63, 3.8) is 0 Å². The van der Waals surface area contributed by atoms with Gasteiger partial charge in [0.25, 0.3) is 0 Å². The summed E-state index contributed by atoms with van der Waals surface area (Å²) in [5.41, 5.74) is 0.725. The number of fused-ring (bicyclic) bond motifs is 2. The summed E-state index contributed by atoms with van der Waals surface area (Å²) in [5, 5.41) is 18.8. The minimum atomic E-state index is -0.285. The van der Waals surface area contributed by atoms with Crippen molar-refractivity contribution < 1.29 is 14.4 Å². The first kappa shape index (κ1) is 12.5. The predicted molar refractivity (Wildman–Crippen MR) is 68.6 cm³/mol. The number of anilines is 1. The van der Waals surface area contributed by atoms with Crippen LogP contribution in [0, 0.1) is 24.7 Å². The molecule has 19 heavy (non-hydrogen) atoms. The lowest BCUT2D eigenvalue weighted by molar-refractivity contribution is 0.146. The van der Waals surface area contributed by atoms with Crippen molar-refractivity contribution in [2.45, 2.75) is 32.2 Å². The Balaban J connectivity index is 1.60. The van der Waals surface area contributed by atoms with Crippen LogP contribution in [0.2, 0.25) is 0 Å². The fraction of sp³-hybridized carbons (Fsp3) is 0.692. The molecule has 3 rings (SSSR count). The second-order valence-corrected chi connectivity index (χ2v) is 5.64. The van der Waals surface area contributed by atoms with E-state index in [0.29, 0.717) is 17.7 Å². The number of aliphatic hydroxyl groups is 1. The summed E-state index contributed by atoms with van der Waals surface area (Å²) in [6.45, 7) is 1.94. The summed E-state index contributed by atoms with van der Waals surface area (Å²) in [7, 11) is 0. The topological polar surface area (TPSA) is 87.4 Å². The number of carbonyl (C=O) groups excluding carboxylic acids is 1. The van der Waals surface area contributed by atoms with E-state index < -0.39 is 0 Å². The highest BCUT2D eigenvalue weighted by Gasteiger charge is 2.47. The van der Waals surface area contributed by atoms with Crippen molar-refractivity contribution in [2.75, 3.05) is 11.9 Å². The molecule has 0 aliphatic heterocycles. The maximum Gasteiger partial charge on any atom is 0.321 e. The van der Waals surface area contributed by atoms with Crippen molar-refractivity contribution >= 4 is 11.9 Å². The SMILES string of the molecule is Cc1cc(NC(=O)N[C@H]2[C@H]3CC[C@@H](C3)[C@@H]2CO)on1. The first-order valence-corrected chi connectivity index (χ1v) is 6.79. The van der Waals surface area contributed by atoms with E-state index in [2.05, 4.69) is 15.8 Å². The lowest BCUT2D eigenvalue weighted by atomic mass is 9.85. The van der Waals surface area contributed by atoms with Gasteiger partial charge < -0.3 is 14.9 Å². The van der Waals surface area contributed by atoms with Crippen molar-refractivity contribution in [2.24, 2.45) is 17.8 Å². The van der Waals surface area contributed by atoms with Crippen LogP contribution in [0.3, 0.4) is 0 Å². The molecule has 2 bridgehead atoms. The highest BCUT2D eigenvalue weighted by molar-refractivity contribution is 5.88. The molecule has 1 aromatic rings. The number of aromatic nitrogens is 1. The lowest BCUT2D eigenvalue weighted by Crippen LogP contribution is -2.46. The highest BCUT2D eigenvalue weighted by atomic mass is 16.5. The third-order valence-corrected chi connectivity index (χ3v) is 4.46. The van der Waals surface area contributed by atoms with Gasteiger partial charge in [-0.2, -0.15) is 0 Å². The van der Waals surface area contributed by atoms with Crippen LogP contribution in [0.5, 0.6) is 0 Å². The van der Waals surface area contributed by atoms with Crippen LogP contribution >= 0.6 is 0 Å². The smallest absolute Gasteiger partial charge is 0.321 e. The molecule has 6 nitrogen and oxygen atoms in total. The number of amides is 2. The zero-order valence-electron chi connectivity index (χ0n) is 10.9. The van der Waals surface area contributed by atoms with Gasteiger partial charge in [0, 0.05) is 24.6 Å². The Hall–Kier alpha value is -1.56. The molecule has 3 N–H and O–H groups in total. The Morgan fingerprint density at radius 1 is 1.53 bits per heavy atom. The Kier molecular flexibility index (Phi) is 3.18. The molecule has 2 aliphatic carbocycles. The molecule has 0 radical (unpaired) electrons. The third-order valence-electron chi connectivity index (χ3n) is 4.46. The van der Waals surface area contributed by atoms with Crippen LogP contribution in [0.1, 0.15) is 25.0 Å². The van der Waals surface area contributed by atoms with Crippen LogP contribution < -0.4 is 10.6 Å². The summed E-state index contributed by atoms with van der Waals surface area (Å²) in [4.78, 5) is 11.9. The summed E-state index contributed by atoms with van der Waals surface area (Å²) in [6, 6.07) is 1.46. The molecule has 2 saturated carbocycles. The lowest BCUT2D eigenvalue weighted by Gasteiger charge is -2.30. The second-order valence-electron chi connectivity index (χ2n) is 5.64. The zero-order chi connectivity index (χ0) is 13.4. The highest BCUT2D eigenvalue weighted by Crippen LogP contribution is 2.48. The van der Waals surface area contributed by atoms with Crippen LogP contribution in [0.15, 0.2) is 10.6 Å². The number of nitrogens with one attached hydrogen (secondary N) is 2. The first-order chi connectivity index (χ1) is 9.17. The van der Waals surface area contributed by atoms with Crippen molar-refractivity contribution in [1.82, 2.24) is 10.5 Å². The van der Waals surface area contributed by atoms with Crippen molar-refractivity contribution in [3.05, 3.63) is 11.8 Å². The van der Waals surface area contributed by atoms with E-state index >= 15 is 0 Å². The molecule has 2 aliphatic rings. The number of urea groups is 1. The van der Waals surface area contributed by atoms with Gasteiger partial charge in [-0.1, -0.05) is 5.16 Å². The predicted octanol–water partition coefficient (Wildman–Crippen LogP) is 1.51. The second kappa shape index (κ2) is 4.85. The zero-order valence-corrected chi connectivity index (χ0v) is 10.9. The Bertz CT molecular complexity index is 473. The van der Waals surface area contributed by atoms with Gasteiger partial charge >= 0.3 is 6.03 Å². The van der Waals surface area contributed by atoms with Gasteiger partial charge in [-0.15, -0.1) is 0 Å². The number of rotatable bonds is 3. The molecule has 0 spiro atoms. The Morgan fingerprint density at radius 3 is 3.00 bits per heavy atom. The maximum atomic E-state index is 11.9. The number of hydrogen-bond acceptors (Lipinski definition) is 4. The molecule has 4 atom stereocenters. The molecule has 2 amide bonds. The molecule has 104 valence electrons. The van der Waals surface area contributed by atoms with E-state index in [1.807, 2.05) is 0 Å². The quantitative estimate of drug-likeness (QED) is 0.773. The van der Waals surface area contributed by atoms with E-state index in [0.717, 1.165) is 18.5 Å². The molecule has 6 heteroatoms. The first-order valence-electron chi connectivity index (χ1n) is 6.79. The van der Waals surface area contributed by atoms with E-state index in [9.17, 15) is 9.90 Å². The number of nitrogens with zero attached hydrogens (tertiary/aromatic N) is 1. The summed E-state index contributed by atoms with van der Waals surface area (Å²) < 4.78 is 4.94. The van der Waals surface area contributed by atoms with Gasteiger partial charge in [0.05, 0.1) is 5.69 Å². The van der Waals surface area contributed by atoms with Gasteiger partial charge in [-0.05, 0) is 38.0 Å².